The van der Waals surface area contributed by atoms with E-state index in [-0.39, 0.29) is 36.1 Å². The largest absolute Gasteiger partial charge is 0.473 e. The molecule has 2 amide bonds. The minimum atomic E-state index is -4.32. The zero-order valence-electron chi connectivity index (χ0n) is 20.6. The van der Waals surface area contributed by atoms with Crippen LogP contribution in [0.25, 0.3) is 0 Å². The maximum absolute atomic E-state index is 12.2. The Bertz CT molecular complexity index is 877. The number of thioether (sulfide) groups is 2. The molecule has 2 heterocycles. The average molecular weight is 572 g/mol. The second-order valence-electron chi connectivity index (χ2n) is 7.52. The first-order valence-corrected chi connectivity index (χ1v) is 14.0. The predicted molar refractivity (Wildman–Crippen MR) is 138 cm³/mol. The van der Waals surface area contributed by atoms with Crippen LogP contribution in [0.5, 0.6) is 0 Å². The molecule has 206 valence electrons. The quantitative estimate of drug-likeness (QED) is 0.137. The number of phosphoric ester groups is 1. The summed E-state index contributed by atoms with van der Waals surface area (Å²) >= 11 is 2.08. The first kappa shape index (κ1) is 32.7. The maximum atomic E-state index is 12.2. The summed E-state index contributed by atoms with van der Waals surface area (Å²) in [4.78, 5) is 38.1. The van der Waals surface area contributed by atoms with E-state index in [1.807, 2.05) is 0 Å². The first-order valence-electron chi connectivity index (χ1n) is 10.7. The number of rotatable bonds is 12. The highest BCUT2D eigenvalue weighted by molar-refractivity contribution is 8.16. The summed E-state index contributed by atoms with van der Waals surface area (Å²) in [6, 6.07) is 0. The first-order chi connectivity index (χ1) is 16.9. The number of aliphatic hydroxyl groups excluding tert-OH is 3. The van der Waals surface area contributed by atoms with Gasteiger partial charge in [-0.05, 0) is 25.6 Å². The fourth-order valence-electron chi connectivity index (χ4n) is 2.72. The zero-order chi connectivity index (χ0) is 27.5. The van der Waals surface area contributed by atoms with Crippen molar-refractivity contribution in [3.63, 3.8) is 0 Å². The Hall–Kier alpha value is -1.33. The predicted octanol–water partition coefficient (Wildman–Crippen LogP) is -0.287. The van der Waals surface area contributed by atoms with E-state index in [4.69, 9.17) is 19.8 Å². The molecule has 14 nitrogen and oxygen atoms in total. The van der Waals surface area contributed by atoms with Gasteiger partial charge in [-0.2, -0.15) is 0 Å². The van der Waals surface area contributed by atoms with E-state index in [2.05, 4.69) is 21.3 Å². The minimum absolute atomic E-state index is 0.0694. The molecular formula is C19H34N5O9PS2. The van der Waals surface area contributed by atoms with Crippen molar-refractivity contribution in [1.29, 1.82) is 0 Å². The summed E-state index contributed by atoms with van der Waals surface area (Å²) in [5, 5.41) is 33.8. The number of likely N-dealkylation sites (N-methyl/N-ethyl adjacent to an activating group) is 1. The van der Waals surface area contributed by atoms with Crippen LogP contribution in [-0.2, 0) is 23.2 Å². The Morgan fingerprint density at radius 2 is 1.61 bits per heavy atom. The molecule has 0 saturated carbocycles. The maximum Gasteiger partial charge on any atom is 0.473 e. The highest BCUT2D eigenvalue weighted by atomic mass is 32.2. The molecule has 4 N–H and O–H groups in total. The van der Waals surface area contributed by atoms with Gasteiger partial charge in [-0.25, -0.2) is 4.57 Å². The lowest BCUT2D eigenvalue weighted by Gasteiger charge is -2.17. The standard InChI is InChI=1S/C13H19N4O6PS2.C6H15NO3/c1-7(2)6-17-9(18)8(3)25-13(17)15-14-12-16(4)10(19)11(26-12)23-24(20,21)22-5;8-4-1-7(2-5-9)3-6-10/h8,11H,1,6H2,2-5H3,(H,20,21);8-10H,1-6H2. The van der Waals surface area contributed by atoms with Crippen molar-refractivity contribution in [2.75, 3.05) is 60.2 Å². The number of phosphoric acid groups is 1. The van der Waals surface area contributed by atoms with E-state index in [1.54, 1.807) is 18.7 Å². The van der Waals surface area contributed by atoms with Crippen LogP contribution in [0.15, 0.2) is 22.4 Å². The van der Waals surface area contributed by atoms with E-state index >= 15 is 0 Å². The number of hydrogen-bond acceptors (Lipinski definition) is 13. The molecule has 2 rings (SSSR count). The van der Waals surface area contributed by atoms with E-state index in [9.17, 15) is 19.0 Å². The minimum Gasteiger partial charge on any atom is -0.395 e. The van der Waals surface area contributed by atoms with Gasteiger partial charge >= 0.3 is 7.82 Å². The van der Waals surface area contributed by atoms with Crippen molar-refractivity contribution < 1.29 is 43.4 Å². The monoisotopic (exact) mass is 571 g/mol. The fourth-order valence-corrected chi connectivity index (χ4v) is 5.34. The van der Waals surface area contributed by atoms with Gasteiger partial charge in [-0.1, -0.05) is 23.9 Å². The smallest absolute Gasteiger partial charge is 0.395 e. The van der Waals surface area contributed by atoms with Gasteiger partial charge in [0.15, 0.2) is 10.3 Å². The third-order valence-electron chi connectivity index (χ3n) is 4.52. The van der Waals surface area contributed by atoms with Crippen LogP contribution in [0.3, 0.4) is 0 Å². The summed E-state index contributed by atoms with van der Waals surface area (Å²) in [5.74, 6) is -0.662. The van der Waals surface area contributed by atoms with Gasteiger partial charge < -0.3 is 20.2 Å². The van der Waals surface area contributed by atoms with Crippen LogP contribution in [-0.4, -0.2) is 128 Å². The molecule has 17 heteroatoms. The SMILES string of the molecule is C=C(C)CN1C(=O)C(C)SC1=NN=C1SC(OP(=O)(O)OC)C(=O)N1C.OCCN(CCO)CCO. The normalized spacial score (nSPS) is 24.0. The Morgan fingerprint density at radius 1 is 1.08 bits per heavy atom. The van der Waals surface area contributed by atoms with Gasteiger partial charge in [-0.3, -0.25) is 33.3 Å². The van der Waals surface area contributed by atoms with Gasteiger partial charge in [0.2, 0.25) is 11.3 Å². The third-order valence-corrected chi connectivity index (χ3v) is 7.74. The topological polar surface area (TPSA) is 185 Å². The Morgan fingerprint density at radius 3 is 2.08 bits per heavy atom. The van der Waals surface area contributed by atoms with Crippen LogP contribution < -0.4 is 0 Å². The third kappa shape index (κ3) is 10.2. The highest BCUT2D eigenvalue weighted by Crippen LogP contribution is 2.47. The Labute approximate surface area is 218 Å². The number of nitrogens with zero attached hydrogens (tertiary/aromatic N) is 5. The second kappa shape index (κ2) is 15.8. The van der Waals surface area contributed by atoms with Gasteiger partial charge in [0, 0.05) is 40.3 Å². The zero-order valence-corrected chi connectivity index (χ0v) is 23.2. The van der Waals surface area contributed by atoms with Crippen molar-refractivity contribution in [2.24, 2.45) is 10.2 Å². The van der Waals surface area contributed by atoms with Gasteiger partial charge in [-0.15, -0.1) is 10.2 Å². The molecule has 3 atom stereocenters. The highest BCUT2D eigenvalue weighted by Gasteiger charge is 2.42. The average Bonchev–Trinajstić information content (AvgIpc) is 3.22. The van der Waals surface area contributed by atoms with E-state index in [1.165, 1.54) is 23.7 Å². The molecule has 0 bridgehead atoms. The van der Waals surface area contributed by atoms with Gasteiger partial charge in [0.1, 0.15) is 0 Å². The molecule has 36 heavy (non-hydrogen) atoms. The molecule has 2 fully saturated rings. The van der Waals surface area contributed by atoms with Crippen LogP contribution in [0.4, 0.5) is 0 Å². The molecule has 0 aliphatic carbocycles. The molecule has 2 aliphatic rings. The van der Waals surface area contributed by atoms with Crippen LogP contribution in [0, 0.1) is 0 Å². The summed E-state index contributed by atoms with van der Waals surface area (Å²) in [6.45, 7) is 9.44. The van der Waals surface area contributed by atoms with E-state index in [0.717, 1.165) is 29.3 Å². The Kier molecular flexibility index (Phi) is 14.4. The molecule has 0 spiro atoms. The molecule has 0 aromatic rings. The van der Waals surface area contributed by atoms with Crippen molar-refractivity contribution in [3.05, 3.63) is 12.2 Å². The second-order valence-corrected chi connectivity index (χ2v) is 11.4. The van der Waals surface area contributed by atoms with Gasteiger partial charge in [0.25, 0.3) is 5.91 Å². The van der Waals surface area contributed by atoms with Crippen molar-refractivity contribution >= 4 is 53.5 Å². The number of carbonyl (C=O) groups is 2. The lowest BCUT2D eigenvalue weighted by molar-refractivity contribution is -0.129. The summed E-state index contributed by atoms with van der Waals surface area (Å²) in [6.07, 6.45) is 0. The molecule has 0 aromatic carbocycles. The number of amides is 2. The van der Waals surface area contributed by atoms with E-state index < -0.39 is 19.2 Å². The number of amidine groups is 2. The van der Waals surface area contributed by atoms with Crippen molar-refractivity contribution in [2.45, 2.75) is 24.5 Å². The van der Waals surface area contributed by atoms with Crippen LogP contribution in [0.1, 0.15) is 13.8 Å². The summed E-state index contributed by atoms with van der Waals surface area (Å²) < 4.78 is 20.6. The van der Waals surface area contributed by atoms with Gasteiger partial charge in [0.05, 0.1) is 25.1 Å². The molecule has 3 unspecified atom stereocenters. The van der Waals surface area contributed by atoms with E-state index in [0.29, 0.717) is 31.3 Å². The van der Waals surface area contributed by atoms with Crippen molar-refractivity contribution in [3.8, 4) is 0 Å². The fraction of sp³-hybridized carbons (Fsp3) is 0.684. The Balaban J connectivity index is 0.000000548. The lowest BCUT2D eigenvalue weighted by Crippen LogP contribution is -2.32. The summed E-state index contributed by atoms with van der Waals surface area (Å²) in [5.41, 5.74) is -0.472. The molecule has 2 aliphatic heterocycles. The van der Waals surface area contributed by atoms with Crippen LogP contribution >= 0.6 is 31.3 Å². The number of aliphatic hydroxyl groups is 3. The molecule has 2 saturated heterocycles. The molecule has 0 radical (unpaired) electrons. The van der Waals surface area contributed by atoms with Crippen LogP contribution in [0.2, 0.25) is 0 Å². The number of carbonyl (C=O) groups excluding carboxylic acids is 2. The molecular weight excluding hydrogens is 537 g/mol. The van der Waals surface area contributed by atoms with Crippen molar-refractivity contribution in [1.82, 2.24) is 14.7 Å². The number of hydrogen-bond donors (Lipinski definition) is 4. The summed E-state index contributed by atoms with van der Waals surface area (Å²) in [7, 11) is -1.88. The lowest BCUT2D eigenvalue weighted by atomic mass is 10.3. The molecule has 0 aromatic heterocycles.